The Hall–Kier alpha value is -2.67. The van der Waals surface area contributed by atoms with E-state index in [1.54, 1.807) is 35.9 Å². The van der Waals surface area contributed by atoms with Gasteiger partial charge in [-0.15, -0.1) is 0 Å². The third kappa shape index (κ3) is 3.28. The van der Waals surface area contributed by atoms with E-state index >= 15 is 0 Å². The van der Waals surface area contributed by atoms with Gasteiger partial charge < -0.3 is 4.74 Å². The molecular weight excluding hydrogens is 340 g/mol. The molecule has 0 fully saturated rings. The third-order valence-electron chi connectivity index (χ3n) is 4.03. The lowest BCUT2D eigenvalue weighted by molar-refractivity contribution is 0.0595. The second-order valence-electron chi connectivity index (χ2n) is 5.56. The van der Waals surface area contributed by atoms with Gasteiger partial charge in [-0.05, 0) is 23.8 Å². The molecule has 3 rings (SSSR count). The van der Waals surface area contributed by atoms with Crippen LogP contribution in [-0.2, 0) is 21.1 Å². The molecule has 25 heavy (non-hydrogen) atoms. The highest BCUT2D eigenvalue weighted by molar-refractivity contribution is 7.91. The predicted molar refractivity (Wildman–Crippen MR) is 94.3 cm³/mol. The number of methoxy groups -OCH3 is 1. The zero-order chi connectivity index (χ0) is 18.0. The number of fused-ring (bicyclic) bond motifs is 1. The highest BCUT2D eigenvalue weighted by Gasteiger charge is 2.17. The maximum atomic E-state index is 11.9. The maximum Gasteiger partial charge on any atom is 0.359 e. The van der Waals surface area contributed by atoms with Gasteiger partial charge in [0.05, 0.1) is 29.8 Å². The van der Waals surface area contributed by atoms with Crippen LogP contribution in [0, 0.1) is 0 Å². The summed E-state index contributed by atoms with van der Waals surface area (Å²) in [5.41, 5.74) is 1.97. The van der Waals surface area contributed by atoms with Gasteiger partial charge in [0.25, 0.3) is 0 Å². The number of esters is 1. The molecule has 0 saturated carbocycles. The van der Waals surface area contributed by atoms with Gasteiger partial charge in [-0.3, -0.25) is 4.68 Å². The van der Waals surface area contributed by atoms with Crippen LogP contribution in [0.5, 0.6) is 0 Å². The van der Waals surface area contributed by atoms with E-state index in [-0.39, 0.29) is 11.4 Å². The molecule has 0 aliphatic rings. The van der Waals surface area contributed by atoms with Crippen LogP contribution in [0.1, 0.15) is 23.0 Å². The summed E-state index contributed by atoms with van der Waals surface area (Å²) >= 11 is 0. The predicted octanol–water partition coefficient (Wildman–Crippen LogP) is 2.66. The van der Waals surface area contributed by atoms with Crippen molar-refractivity contribution in [1.29, 1.82) is 0 Å². The first-order chi connectivity index (χ1) is 12.0. The number of hydrogen-bond donors (Lipinski definition) is 0. The SMILES string of the molecule is CCS(=O)(=O)c1ccc(Cn2nc(C(=O)OC)c3ccccc32)cc1. The van der Waals surface area contributed by atoms with Crippen LogP contribution in [0.3, 0.4) is 0 Å². The van der Waals surface area contributed by atoms with E-state index in [0.29, 0.717) is 11.4 Å². The first kappa shape index (κ1) is 17.2. The Morgan fingerprint density at radius 2 is 1.80 bits per heavy atom. The molecule has 0 atom stereocenters. The molecule has 0 spiro atoms. The minimum atomic E-state index is -3.22. The standard InChI is InChI=1S/C18H18N2O4S/c1-3-25(22,23)14-10-8-13(9-11-14)12-20-16-7-5-4-6-15(16)17(19-20)18(21)24-2/h4-11H,3,12H2,1-2H3. The summed E-state index contributed by atoms with van der Waals surface area (Å²) < 4.78 is 30.3. The van der Waals surface area contributed by atoms with Crippen LogP contribution in [0.15, 0.2) is 53.4 Å². The van der Waals surface area contributed by atoms with E-state index in [0.717, 1.165) is 16.5 Å². The molecule has 0 unspecified atom stereocenters. The smallest absolute Gasteiger partial charge is 0.359 e. The van der Waals surface area contributed by atoms with Gasteiger partial charge in [0.2, 0.25) is 0 Å². The zero-order valence-corrected chi connectivity index (χ0v) is 14.8. The molecule has 1 aromatic heterocycles. The van der Waals surface area contributed by atoms with Crippen LogP contribution in [0.4, 0.5) is 0 Å². The average Bonchev–Trinajstić information content (AvgIpc) is 3.00. The van der Waals surface area contributed by atoms with Crippen molar-refractivity contribution in [2.75, 3.05) is 12.9 Å². The Kier molecular flexibility index (Phi) is 4.59. The van der Waals surface area contributed by atoms with Crippen molar-refractivity contribution in [2.45, 2.75) is 18.4 Å². The van der Waals surface area contributed by atoms with Crippen LogP contribution in [0.2, 0.25) is 0 Å². The summed E-state index contributed by atoms with van der Waals surface area (Å²) in [4.78, 5) is 12.2. The number of ether oxygens (including phenoxy) is 1. The zero-order valence-electron chi connectivity index (χ0n) is 14.0. The number of hydrogen-bond acceptors (Lipinski definition) is 5. The number of carbonyl (C=O) groups is 1. The number of benzene rings is 2. The van der Waals surface area contributed by atoms with Crippen LogP contribution >= 0.6 is 0 Å². The number of nitrogens with zero attached hydrogens (tertiary/aromatic N) is 2. The highest BCUT2D eigenvalue weighted by atomic mass is 32.2. The summed E-state index contributed by atoms with van der Waals surface area (Å²) in [6.07, 6.45) is 0. The Bertz CT molecular complexity index is 1020. The van der Waals surface area contributed by atoms with E-state index in [9.17, 15) is 13.2 Å². The molecule has 0 aliphatic heterocycles. The number of sulfone groups is 1. The average molecular weight is 358 g/mol. The fourth-order valence-electron chi connectivity index (χ4n) is 2.64. The summed E-state index contributed by atoms with van der Waals surface area (Å²) in [6.45, 7) is 2.04. The van der Waals surface area contributed by atoms with Gasteiger partial charge >= 0.3 is 5.97 Å². The van der Waals surface area contributed by atoms with Crippen molar-refractivity contribution in [3.05, 3.63) is 59.8 Å². The molecular formula is C18H18N2O4S. The largest absolute Gasteiger partial charge is 0.464 e. The van der Waals surface area contributed by atoms with Gasteiger partial charge in [0.15, 0.2) is 15.5 Å². The minimum Gasteiger partial charge on any atom is -0.464 e. The Balaban J connectivity index is 1.97. The fourth-order valence-corrected chi connectivity index (χ4v) is 3.52. The second kappa shape index (κ2) is 6.68. The van der Waals surface area contributed by atoms with E-state index in [2.05, 4.69) is 5.10 Å². The summed E-state index contributed by atoms with van der Waals surface area (Å²) in [6, 6.07) is 14.1. The number of carbonyl (C=O) groups excluding carboxylic acids is 1. The lowest BCUT2D eigenvalue weighted by atomic mass is 10.2. The first-order valence-electron chi connectivity index (χ1n) is 7.82. The summed E-state index contributed by atoms with van der Waals surface area (Å²) in [7, 11) is -1.89. The van der Waals surface area contributed by atoms with Crippen molar-refractivity contribution in [3.8, 4) is 0 Å². The quantitative estimate of drug-likeness (QED) is 0.655. The molecule has 0 amide bonds. The molecule has 0 aliphatic carbocycles. The molecule has 2 aromatic carbocycles. The Morgan fingerprint density at radius 3 is 2.44 bits per heavy atom. The number of para-hydroxylation sites is 1. The maximum absolute atomic E-state index is 11.9. The molecule has 130 valence electrons. The topological polar surface area (TPSA) is 78.3 Å². The van der Waals surface area contributed by atoms with Crippen molar-refractivity contribution < 1.29 is 17.9 Å². The summed E-state index contributed by atoms with van der Waals surface area (Å²) in [5, 5.41) is 5.09. The molecule has 0 radical (unpaired) electrons. The third-order valence-corrected chi connectivity index (χ3v) is 5.78. The van der Waals surface area contributed by atoms with Gasteiger partial charge in [0.1, 0.15) is 0 Å². The minimum absolute atomic E-state index is 0.0681. The van der Waals surface area contributed by atoms with Gasteiger partial charge in [-0.2, -0.15) is 5.10 Å². The number of aromatic nitrogens is 2. The molecule has 0 N–H and O–H groups in total. The first-order valence-corrected chi connectivity index (χ1v) is 9.47. The van der Waals surface area contributed by atoms with Gasteiger partial charge in [-0.1, -0.05) is 37.3 Å². The van der Waals surface area contributed by atoms with E-state index < -0.39 is 15.8 Å². The van der Waals surface area contributed by atoms with Crippen molar-refractivity contribution in [3.63, 3.8) is 0 Å². The summed E-state index contributed by atoms with van der Waals surface area (Å²) in [5.74, 6) is -0.419. The highest BCUT2D eigenvalue weighted by Crippen LogP contribution is 2.21. The van der Waals surface area contributed by atoms with E-state index in [1.807, 2.05) is 24.3 Å². The second-order valence-corrected chi connectivity index (χ2v) is 7.84. The lowest BCUT2D eigenvalue weighted by Crippen LogP contribution is -2.07. The Labute approximate surface area is 146 Å². The normalized spacial score (nSPS) is 11.6. The van der Waals surface area contributed by atoms with Gasteiger partial charge in [-0.25, -0.2) is 13.2 Å². The van der Waals surface area contributed by atoms with Crippen LogP contribution < -0.4 is 0 Å². The van der Waals surface area contributed by atoms with Crippen LogP contribution in [-0.4, -0.2) is 37.0 Å². The molecule has 0 saturated heterocycles. The Morgan fingerprint density at radius 1 is 1.12 bits per heavy atom. The van der Waals surface area contributed by atoms with Crippen molar-refractivity contribution in [2.24, 2.45) is 0 Å². The van der Waals surface area contributed by atoms with Crippen LogP contribution in [0.25, 0.3) is 10.9 Å². The fraction of sp³-hybridized carbons (Fsp3) is 0.222. The molecule has 7 heteroatoms. The number of rotatable bonds is 5. The molecule has 0 bridgehead atoms. The van der Waals surface area contributed by atoms with Gasteiger partial charge in [0, 0.05) is 5.39 Å². The lowest BCUT2D eigenvalue weighted by Gasteiger charge is -2.06. The molecule has 3 aromatic rings. The van der Waals surface area contributed by atoms with Crippen molar-refractivity contribution in [1.82, 2.24) is 9.78 Å². The van der Waals surface area contributed by atoms with E-state index in [1.165, 1.54) is 7.11 Å². The molecule has 6 nitrogen and oxygen atoms in total. The van der Waals surface area contributed by atoms with Crippen molar-refractivity contribution >= 4 is 26.7 Å². The molecule has 1 heterocycles. The monoisotopic (exact) mass is 358 g/mol. The van der Waals surface area contributed by atoms with E-state index in [4.69, 9.17) is 4.74 Å².